The van der Waals surface area contributed by atoms with Crippen LogP contribution in [0.4, 0.5) is 13.2 Å². The first-order valence-corrected chi connectivity index (χ1v) is 9.43. The molecule has 1 atom stereocenters. The summed E-state index contributed by atoms with van der Waals surface area (Å²) in [5.41, 5.74) is -1.70. The van der Waals surface area contributed by atoms with Gasteiger partial charge in [-0.05, 0) is 32.8 Å². The van der Waals surface area contributed by atoms with E-state index < -0.39 is 35.8 Å². The molecule has 0 spiro atoms. The molecule has 1 aromatic heterocycles. The summed E-state index contributed by atoms with van der Waals surface area (Å²) >= 11 is 11.5. The number of benzene rings is 1. The molecule has 1 aromatic carbocycles. The third kappa shape index (κ3) is 5.45. The van der Waals surface area contributed by atoms with Gasteiger partial charge in [-0.25, -0.2) is 18.5 Å². The van der Waals surface area contributed by atoms with Gasteiger partial charge in [0.05, 0.1) is 11.6 Å². The second-order valence-corrected chi connectivity index (χ2v) is 6.73. The Morgan fingerprint density at radius 2 is 2.00 bits per heavy atom. The van der Waals surface area contributed by atoms with Crippen LogP contribution in [0.2, 0.25) is 5.02 Å². The Kier molecular flexibility index (Phi) is 7.97. The van der Waals surface area contributed by atoms with Crippen molar-refractivity contribution in [2.75, 3.05) is 12.5 Å². The topological polar surface area (TPSA) is 75.4 Å². The number of unbranched alkanes of at least 4 members (excludes halogenated alkanes) is 1. The Bertz CT molecular complexity index is 933. The molecule has 0 N–H and O–H groups in total. The zero-order chi connectivity index (χ0) is 21.7. The highest BCUT2D eigenvalue weighted by Crippen LogP contribution is 2.30. The van der Waals surface area contributed by atoms with Gasteiger partial charge in [-0.1, -0.05) is 11.6 Å². The maximum Gasteiger partial charge on any atom is 0.355 e. The molecular formula is C17H18Cl2F3N3O4. The van der Waals surface area contributed by atoms with Gasteiger partial charge in [0.2, 0.25) is 0 Å². The fourth-order valence-electron chi connectivity index (χ4n) is 2.35. The molecule has 2 aromatic rings. The van der Waals surface area contributed by atoms with Crippen molar-refractivity contribution in [3.05, 3.63) is 39.3 Å². The number of carbonyl (C=O) groups is 1. The fraction of sp³-hybridized carbons (Fsp3) is 0.471. The van der Waals surface area contributed by atoms with Crippen molar-refractivity contribution >= 4 is 29.2 Å². The van der Waals surface area contributed by atoms with E-state index in [-0.39, 0.29) is 27.8 Å². The zero-order valence-corrected chi connectivity index (χ0v) is 17.0. The van der Waals surface area contributed by atoms with Crippen molar-refractivity contribution in [2.45, 2.75) is 39.3 Å². The highest BCUT2D eigenvalue weighted by Gasteiger charge is 2.23. The maximum atomic E-state index is 14.3. The Labute approximate surface area is 173 Å². The van der Waals surface area contributed by atoms with E-state index in [1.165, 1.54) is 13.8 Å². The molecule has 0 aliphatic heterocycles. The van der Waals surface area contributed by atoms with Crippen LogP contribution in [0.15, 0.2) is 16.9 Å². The number of ether oxygens (including phenoxy) is 2. The largest absolute Gasteiger partial charge is 0.477 e. The molecule has 29 heavy (non-hydrogen) atoms. The summed E-state index contributed by atoms with van der Waals surface area (Å²) in [4.78, 5) is 24.1. The first-order valence-electron chi connectivity index (χ1n) is 8.52. The molecule has 0 aliphatic carbocycles. The van der Waals surface area contributed by atoms with E-state index in [4.69, 9.17) is 32.7 Å². The molecule has 0 saturated carbocycles. The van der Waals surface area contributed by atoms with Crippen molar-refractivity contribution in [1.29, 1.82) is 0 Å². The summed E-state index contributed by atoms with van der Waals surface area (Å²) in [6, 6.07) is 1.83. The molecule has 0 fully saturated rings. The highest BCUT2D eigenvalue weighted by molar-refractivity contribution is 6.32. The molecule has 160 valence electrons. The molecular weight excluding hydrogens is 438 g/mol. The minimum absolute atomic E-state index is 0.107. The first-order chi connectivity index (χ1) is 13.7. The Morgan fingerprint density at radius 3 is 2.59 bits per heavy atom. The van der Waals surface area contributed by atoms with Gasteiger partial charge in [0.15, 0.2) is 11.9 Å². The monoisotopic (exact) mass is 455 g/mol. The number of rotatable bonds is 9. The van der Waals surface area contributed by atoms with E-state index >= 15 is 0 Å². The van der Waals surface area contributed by atoms with Gasteiger partial charge in [0.1, 0.15) is 17.3 Å². The lowest BCUT2D eigenvalue weighted by molar-refractivity contribution is -0.151. The average molecular weight is 456 g/mol. The average Bonchev–Trinajstić information content (AvgIpc) is 2.94. The van der Waals surface area contributed by atoms with Crippen molar-refractivity contribution in [3.63, 3.8) is 0 Å². The van der Waals surface area contributed by atoms with Gasteiger partial charge in [0, 0.05) is 11.9 Å². The third-order valence-corrected chi connectivity index (χ3v) is 4.38. The SMILES string of the molecule is Cc1nn(-c2cc(OC(C)C(=O)OCCCCCl)c(Cl)cc2F)c(=O)n1C(F)F. The third-order valence-electron chi connectivity index (χ3n) is 3.81. The van der Waals surface area contributed by atoms with Crippen LogP contribution in [0.3, 0.4) is 0 Å². The number of hydrogen-bond acceptors (Lipinski definition) is 5. The lowest BCUT2D eigenvalue weighted by atomic mass is 10.2. The summed E-state index contributed by atoms with van der Waals surface area (Å²) in [7, 11) is 0. The van der Waals surface area contributed by atoms with Gasteiger partial charge in [-0.3, -0.25) is 0 Å². The van der Waals surface area contributed by atoms with Crippen molar-refractivity contribution in [2.24, 2.45) is 0 Å². The van der Waals surface area contributed by atoms with Gasteiger partial charge < -0.3 is 9.47 Å². The molecule has 0 bridgehead atoms. The highest BCUT2D eigenvalue weighted by atomic mass is 35.5. The predicted octanol–water partition coefficient (Wildman–Crippen LogP) is 3.86. The van der Waals surface area contributed by atoms with Gasteiger partial charge in [0.25, 0.3) is 0 Å². The standard InChI is InChI=1S/C17H18Cl2F3N3O4/c1-9(15(26)28-6-4-3-5-18)29-14-8-13(12(20)7-11(14)19)25-17(27)24(16(21)22)10(2)23-25/h7-9,16H,3-6H2,1-2H3. The van der Waals surface area contributed by atoms with E-state index in [1.807, 2.05) is 0 Å². The summed E-state index contributed by atoms with van der Waals surface area (Å²) in [5, 5.41) is 3.46. The molecule has 7 nitrogen and oxygen atoms in total. The van der Waals surface area contributed by atoms with Crippen LogP contribution in [-0.4, -0.2) is 38.9 Å². The zero-order valence-electron chi connectivity index (χ0n) is 15.5. The van der Waals surface area contributed by atoms with Gasteiger partial charge in [-0.2, -0.15) is 13.5 Å². The number of alkyl halides is 3. The van der Waals surface area contributed by atoms with Crippen LogP contribution in [0.5, 0.6) is 5.75 Å². The lowest BCUT2D eigenvalue weighted by Crippen LogP contribution is -2.27. The molecule has 0 saturated heterocycles. The molecule has 12 heteroatoms. The Hall–Kier alpha value is -2.20. The minimum Gasteiger partial charge on any atom is -0.477 e. The summed E-state index contributed by atoms with van der Waals surface area (Å²) in [6.07, 6.45) is 0.161. The van der Waals surface area contributed by atoms with Crippen LogP contribution in [-0.2, 0) is 9.53 Å². The van der Waals surface area contributed by atoms with Crippen molar-refractivity contribution in [3.8, 4) is 11.4 Å². The number of carbonyl (C=O) groups excluding carboxylic acids is 1. The first kappa shape index (κ1) is 23.1. The van der Waals surface area contributed by atoms with Gasteiger partial charge in [-0.15, -0.1) is 16.7 Å². The quantitative estimate of drug-likeness (QED) is 0.326. The van der Waals surface area contributed by atoms with Crippen LogP contribution >= 0.6 is 23.2 Å². The number of hydrogen-bond donors (Lipinski definition) is 0. The second kappa shape index (κ2) is 10.0. The van der Waals surface area contributed by atoms with E-state index in [0.29, 0.717) is 23.4 Å². The predicted molar refractivity (Wildman–Crippen MR) is 99.8 cm³/mol. The van der Waals surface area contributed by atoms with Crippen molar-refractivity contribution in [1.82, 2.24) is 14.3 Å². The number of aromatic nitrogens is 3. The molecule has 0 aliphatic rings. The molecule has 1 unspecified atom stereocenters. The lowest BCUT2D eigenvalue weighted by Gasteiger charge is -2.16. The van der Waals surface area contributed by atoms with E-state index in [9.17, 15) is 22.8 Å². The van der Waals surface area contributed by atoms with Crippen LogP contribution in [0.25, 0.3) is 5.69 Å². The number of esters is 1. The molecule has 2 rings (SSSR count). The van der Waals surface area contributed by atoms with Crippen molar-refractivity contribution < 1.29 is 27.4 Å². The van der Waals surface area contributed by atoms with Crippen LogP contribution < -0.4 is 10.4 Å². The van der Waals surface area contributed by atoms with Gasteiger partial charge >= 0.3 is 18.2 Å². The molecule has 1 heterocycles. The fourth-order valence-corrected chi connectivity index (χ4v) is 2.74. The number of nitrogens with zero attached hydrogens (tertiary/aromatic N) is 3. The number of halogens is 5. The van der Waals surface area contributed by atoms with Crippen LogP contribution in [0, 0.1) is 12.7 Å². The summed E-state index contributed by atoms with van der Waals surface area (Å²) in [5.74, 6) is -1.69. The second-order valence-electron chi connectivity index (χ2n) is 5.95. The smallest absolute Gasteiger partial charge is 0.355 e. The normalized spacial score (nSPS) is 12.3. The Morgan fingerprint density at radius 1 is 1.31 bits per heavy atom. The minimum atomic E-state index is -3.14. The van der Waals surface area contributed by atoms with E-state index in [1.54, 1.807) is 0 Å². The summed E-state index contributed by atoms with van der Waals surface area (Å²) in [6.45, 7) is -0.416. The van der Waals surface area contributed by atoms with E-state index in [2.05, 4.69) is 5.10 Å². The maximum absolute atomic E-state index is 14.3. The summed E-state index contributed by atoms with van der Waals surface area (Å²) < 4.78 is 51.3. The Balaban J connectivity index is 2.27. The molecule has 0 radical (unpaired) electrons. The molecule has 0 amide bonds. The number of aryl methyl sites for hydroxylation is 1. The van der Waals surface area contributed by atoms with E-state index in [0.717, 1.165) is 12.1 Å². The van der Waals surface area contributed by atoms with Crippen LogP contribution in [0.1, 0.15) is 32.1 Å².